The molecule has 0 rings (SSSR count). The van der Waals surface area contributed by atoms with Gasteiger partial charge < -0.3 is 24.4 Å². The number of aliphatic hydroxyl groups excluding tert-OH is 1. The number of phosphoric ester groups is 1. The Morgan fingerprint density at radius 2 is 1.04 bits per heavy atom. The second-order valence-electron chi connectivity index (χ2n) is 13.0. The minimum Gasteiger partial charge on any atom is -0.462 e. The maximum absolute atomic E-state index is 12.4. The molecule has 9 nitrogen and oxygen atoms in total. The molecule has 0 amide bonds. The van der Waals surface area contributed by atoms with Crippen LogP contribution in [0.25, 0.3) is 0 Å². The number of ether oxygens (including phenoxy) is 2. The van der Waals surface area contributed by atoms with Crippen molar-refractivity contribution < 1.29 is 43.0 Å². The quantitative estimate of drug-likeness (QED) is 0.0250. The number of allylic oxidation sites excluding steroid dienone is 12. The van der Waals surface area contributed by atoms with E-state index in [4.69, 9.17) is 19.3 Å². The predicted molar refractivity (Wildman–Crippen MR) is 213 cm³/mol. The van der Waals surface area contributed by atoms with Gasteiger partial charge in [-0.2, -0.15) is 0 Å². The van der Waals surface area contributed by atoms with Crippen molar-refractivity contribution in [2.24, 2.45) is 0 Å². The summed E-state index contributed by atoms with van der Waals surface area (Å²) in [6.07, 6.45) is 44.2. The summed E-state index contributed by atoms with van der Waals surface area (Å²) < 4.78 is 26.3. The minimum absolute atomic E-state index is 0.172. The van der Waals surface area contributed by atoms with Crippen LogP contribution < -0.4 is 0 Å². The van der Waals surface area contributed by atoms with Gasteiger partial charge in [0.05, 0.1) is 12.7 Å². The van der Waals surface area contributed by atoms with Crippen molar-refractivity contribution in [1.29, 1.82) is 0 Å². The lowest BCUT2D eigenvalue weighted by atomic mass is 10.1. The van der Waals surface area contributed by atoms with E-state index in [-0.39, 0.29) is 25.6 Å². The highest BCUT2D eigenvalue weighted by Crippen LogP contribution is 2.36. The van der Waals surface area contributed by atoms with Crippen LogP contribution in [0.4, 0.5) is 0 Å². The van der Waals surface area contributed by atoms with Crippen LogP contribution in [0.2, 0.25) is 0 Å². The summed E-state index contributed by atoms with van der Waals surface area (Å²) in [5, 5.41) is 9.53. The third-order valence-corrected chi connectivity index (χ3v) is 8.60. The first-order valence-corrected chi connectivity index (χ1v) is 21.3. The summed E-state index contributed by atoms with van der Waals surface area (Å²) in [5.74, 6) is -0.988. The number of carbonyl (C=O) groups is 2. The Morgan fingerprint density at radius 3 is 1.58 bits per heavy atom. The summed E-state index contributed by atoms with van der Waals surface area (Å²) in [6, 6.07) is 0. The number of carbonyl (C=O) groups excluding carboxylic acids is 2. The van der Waals surface area contributed by atoms with E-state index in [1.165, 1.54) is 25.7 Å². The molecule has 0 unspecified atom stereocenters. The van der Waals surface area contributed by atoms with Crippen LogP contribution in [-0.2, 0) is 28.2 Å². The van der Waals surface area contributed by atoms with E-state index in [1.54, 1.807) is 0 Å². The van der Waals surface area contributed by atoms with E-state index < -0.39 is 32.5 Å². The highest BCUT2D eigenvalue weighted by atomic mass is 31.2. The normalized spacial score (nSPS) is 13.9. The Hall–Kier alpha value is -2.55. The Morgan fingerprint density at radius 1 is 0.577 bits per heavy atom. The maximum Gasteiger partial charge on any atom is 0.469 e. The van der Waals surface area contributed by atoms with Crippen molar-refractivity contribution in [3.8, 4) is 0 Å². The molecule has 0 heterocycles. The second kappa shape index (κ2) is 36.8. The van der Waals surface area contributed by atoms with Gasteiger partial charge in [0.2, 0.25) is 0 Å². The fourth-order valence-corrected chi connectivity index (χ4v) is 5.32. The summed E-state index contributed by atoms with van der Waals surface area (Å²) in [7, 11) is -4.78. The van der Waals surface area contributed by atoms with Crippen LogP contribution in [0, 0.1) is 0 Å². The monoisotopic (exact) mass is 750 g/mol. The van der Waals surface area contributed by atoms with E-state index in [0.717, 1.165) is 83.5 Å². The molecule has 0 aromatic carbocycles. The van der Waals surface area contributed by atoms with Gasteiger partial charge in [-0.05, 0) is 89.9 Å². The topological polar surface area (TPSA) is 140 Å². The molecule has 3 N–H and O–H groups in total. The maximum atomic E-state index is 12.4. The standard InChI is InChI=1S/C42H71O9P/c1-3-5-6-7-8-9-10-11-12-13-18-21-24-27-30-33-36-42(45)51-40(38-50-52(46,47)48)37-49-41(44)35-32-29-26-23-20-17-15-14-16-19-22-25-28-31-34-39(43)4-2/h8-9,11-12,15-17,19,23,25-26,28,39-40,43H,3-7,10,13-14,18,20-22,24,27,29-38H2,1-2H3,(H2,46,47,48)/b9-8-,12-11-,17-15-,19-16-,26-23-,28-25-/t39-,40+/m0/s1. The van der Waals surface area contributed by atoms with Gasteiger partial charge in [-0.3, -0.25) is 14.1 Å². The molecule has 0 aliphatic rings. The van der Waals surface area contributed by atoms with E-state index >= 15 is 0 Å². The molecule has 0 radical (unpaired) electrons. The third-order valence-electron chi connectivity index (χ3n) is 8.11. The molecule has 0 aliphatic heterocycles. The number of phosphoric acid groups is 1. The Kier molecular flexibility index (Phi) is 35.0. The first kappa shape index (κ1) is 49.5. The Bertz CT molecular complexity index is 1090. The second-order valence-corrected chi connectivity index (χ2v) is 14.3. The largest absolute Gasteiger partial charge is 0.469 e. The summed E-state index contributed by atoms with van der Waals surface area (Å²) in [6.45, 7) is 3.31. The van der Waals surface area contributed by atoms with Crippen LogP contribution in [0.15, 0.2) is 72.9 Å². The van der Waals surface area contributed by atoms with Crippen LogP contribution in [0.3, 0.4) is 0 Å². The lowest BCUT2D eigenvalue weighted by Gasteiger charge is -2.18. The Labute approximate surface area is 315 Å². The van der Waals surface area contributed by atoms with Crippen LogP contribution >= 0.6 is 7.82 Å². The van der Waals surface area contributed by atoms with Crippen molar-refractivity contribution in [2.45, 2.75) is 167 Å². The first-order valence-electron chi connectivity index (χ1n) is 19.8. The third kappa shape index (κ3) is 38.7. The van der Waals surface area contributed by atoms with E-state index in [1.807, 2.05) is 19.1 Å². The molecule has 52 heavy (non-hydrogen) atoms. The predicted octanol–water partition coefficient (Wildman–Crippen LogP) is 10.9. The smallest absolute Gasteiger partial charge is 0.462 e. The van der Waals surface area contributed by atoms with Crippen molar-refractivity contribution in [2.75, 3.05) is 13.2 Å². The number of unbranched alkanes of at least 4 members (excludes halogenated alkanes) is 10. The number of rotatable bonds is 35. The van der Waals surface area contributed by atoms with Crippen molar-refractivity contribution in [1.82, 2.24) is 0 Å². The summed E-state index contributed by atoms with van der Waals surface area (Å²) >= 11 is 0. The van der Waals surface area contributed by atoms with Crippen LogP contribution in [-0.4, -0.2) is 52.3 Å². The molecule has 0 fully saturated rings. The van der Waals surface area contributed by atoms with Gasteiger partial charge in [-0.25, -0.2) is 4.57 Å². The molecule has 2 atom stereocenters. The van der Waals surface area contributed by atoms with Gasteiger partial charge in [0.1, 0.15) is 6.61 Å². The molecule has 0 saturated heterocycles. The van der Waals surface area contributed by atoms with Gasteiger partial charge >= 0.3 is 19.8 Å². The fraction of sp³-hybridized carbons (Fsp3) is 0.667. The molecule has 0 aromatic heterocycles. The molecule has 298 valence electrons. The van der Waals surface area contributed by atoms with Gasteiger partial charge in [0, 0.05) is 12.8 Å². The minimum atomic E-state index is -4.78. The Balaban J connectivity index is 4.09. The molecule has 10 heteroatoms. The lowest BCUT2D eigenvalue weighted by molar-refractivity contribution is -0.161. The van der Waals surface area contributed by atoms with Gasteiger partial charge in [0.15, 0.2) is 6.10 Å². The molecular weight excluding hydrogens is 679 g/mol. The van der Waals surface area contributed by atoms with Gasteiger partial charge in [0.25, 0.3) is 0 Å². The van der Waals surface area contributed by atoms with E-state index in [2.05, 4.69) is 72.2 Å². The first-order chi connectivity index (χ1) is 25.2. The average molecular weight is 751 g/mol. The number of esters is 2. The SMILES string of the molecule is CCCCC/C=C\C/C=C\CCCCCCCCC(=O)O[C@H](COC(=O)CCC/C=C\C/C=C\C/C=C\C/C=C\CC[C@@H](O)CC)COP(=O)(O)O. The van der Waals surface area contributed by atoms with E-state index in [9.17, 15) is 19.3 Å². The van der Waals surface area contributed by atoms with Gasteiger partial charge in [-0.15, -0.1) is 0 Å². The molecule has 0 aliphatic carbocycles. The van der Waals surface area contributed by atoms with Crippen molar-refractivity contribution in [3.05, 3.63) is 72.9 Å². The van der Waals surface area contributed by atoms with Crippen LogP contribution in [0.1, 0.15) is 155 Å². The molecule has 0 saturated carbocycles. The van der Waals surface area contributed by atoms with Crippen molar-refractivity contribution in [3.63, 3.8) is 0 Å². The van der Waals surface area contributed by atoms with Crippen LogP contribution in [0.5, 0.6) is 0 Å². The molecule has 0 bridgehead atoms. The number of aliphatic hydroxyl groups is 1. The molecule has 0 spiro atoms. The number of hydrogen-bond donors (Lipinski definition) is 3. The average Bonchev–Trinajstić information content (AvgIpc) is 3.11. The summed E-state index contributed by atoms with van der Waals surface area (Å²) in [5.41, 5.74) is 0. The lowest BCUT2D eigenvalue weighted by Crippen LogP contribution is -2.29. The van der Waals surface area contributed by atoms with Gasteiger partial charge in [-0.1, -0.05) is 125 Å². The van der Waals surface area contributed by atoms with E-state index in [0.29, 0.717) is 19.3 Å². The molecule has 0 aromatic rings. The zero-order valence-corrected chi connectivity index (χ0v) is 33.2. The summed E-state index contributed by atoms with van der Waals surface area (Å²) in [4.78, 5) is 42.7. The zero-order valence-electron chi connectivity index (χ0n) is 32.3. The van der Waals surface area contributed by atoms with Crippen molar-refractivity contribution >= 4 is 19.8 Å². The highest BCUT2D eigenvalue weighted by Gasteiger charge is 2.22. The fourth-order valence-electron chi connectivity index (χ4n) is 4.96. The highest BCUT2D eigenvalue weighted by molar-refractivity contribution is 7.46. The number of hydrogen-bond acceptors (Lipinski definition) is 7. The molecular formula is C42H71O9P. The zero-order chi connectivity index (χ0) is 38.4.